The van der Waals surface area contributed by atoms with E-state index in [1.54, 1.807) is 11.3 Å². The van der Waals surface area contributed by atoms with Crippen molar-refractivity contribution < 1.29 is 14.6 Å². The zero-order valence-electron chi connectivity index (χ0n) is 10.8. The van der Waals surface area contributed by atoms with Crippen LogP contribution in [0.5, 0.6) is 0 Å². The molecular formula is C12H18N2O3S. The molecule has 1 fully saturated rings. The number of ether oxygens (including phenoxy) is 1. The smallest absolute Gasteiger partial charge is 0.323 e. The van der Waals surface area contributed by atoms with Crippen LogP contribution in [0.3, 0.4) is 0 Å². The van der Waals surface area contributed by atoms with Crippen molar-refractivity contribution in [1.82, 2.24) is 9.88 Å². The van der Waals surface area contributed by atoms with Gasteiger partial charge in [0, 0.05) is 18.0 Å². The van der Waals surface area contributed by atoms with Gasteiger partial charge in [-0.25, -0.2) is 4.98 Å². The molecule has 2 atom stereocenters. The number of hydrogen-bond acceptors (Lipinski definition) is 5. The molecule has 5 nitrogen and oxygen atoms in total. The summed E-state index contributed by atoms with van der Waals surface area (Å²) in [5.41, 5.74) is 0.984. The number of carbonyl (C=O) groups is 1. The zero-order valence-corrected chi connectivity index (χ0v) is 11.7. The van der Waals surface area contributed by atoms with Crippen LogP contribution >= 0.6 is 11.3 Å². The van der Waals surface area contributed by atoms with Crippen LogP contribution in [-0.4, -0.2) is 46.3 Å². The summed E-state index contributed by atoms with van der Waals surface area (Å²) in [6.07, 6.45) is -0.281. The monoisotopic (exact) mass is 270 g/mol. The second kappa shape index (κ2) is 5.34. The van der Waals surface area contributed by atoms with E-state index in [4.69, 9.17) is 4.74 Å². The van der Waals surface area contributed by atoms with E-state index in [-0.39, 0.29) is 6.10 Å². The van der Waals surface area contributed by atoms with Crippen LogP contribution in [0.4, 0.5) is 0 Å². The lowest BCUT2D eigenvalue weighted by molar-refractivity contribution is -0.156. The Morgan fingerprint density at radius 3 is 2.89 bits per heavy atom. The predicted octanol–water partition coefficient (Wildman–Crippen LogP) is 1.43. The molecule has 0 amide bonds. The first kappa shape index (κ1) is 13.5. The Morgan fingerprint density at radius 1 is 1.61 bits per heavy atom. The number of nitrogens with zero attached hydrogens (tertiary/aromatic N) is 2. The van der Waals surface area contributed by atoms with Crippen molar-refractivity contribution in [2.45, 2.75) is 39.5 Å². The Balaban J connectivity index is 2.15. The molecule has 0 aliphatic carbocycles. The quantitative estimate of drug-likeness (QED) is 0.900. The molecule has 0 radical (unpaired) electrons. The first-order valence-corrected chi connectivity index (χ1v) is 6.82. The van der Waals surface area contributed by atoms with Gasteiger partial charge in [-0.05, 0) is 20.8 Å². The molecule has 1 aliphatic heterocycles. The predicted molar refractivity (Wildman–Crippen MR) is 68.8 cm³/mol. The lowest BCUT2D eigenvalue weighted by atomic mass is 10.1. The molecule has 100 valence electrons. The van der Waals surface area contributed by atoms with Crippen LogP contribution in [0.25, 0.3) is 0 Å². The highest BCUT2D eigenvalue weighted by Crippen LogP contribution is 2.22. The fraction of sp³-hybridized carbons (Fsp3) is 0.667. The van der Waals surface area contributed by atoms with E-state index in [1.165, 1.54) is 0 Å². The number of hydrogen-bond donors (Lipinski definition) is 1. The standard InChI is InChI=1S/C12H18N2O3S/c1-7-11(12(15)16)14(4-5-17-7)6-10-8(2)18-9(3)13-10/h7,11H,4-6H2,1-3H3,(H,15,16)/t7-,11+/m1/s1. The molecule has 0 bridgehead atoms. The van der Waals surface area contributed by atoms with Crippen molar-refractivity contribution in [3.05, 3.63) is 15.6 Å². The van der Waals surface area contributed by atoms with Crippen molar-refractivity contribution in [2.24, 2.45) is 0 Å². The van der Waals surface area contributed by atoms with Crippen LogP contribution in [0.2, 0.25) is 0 Å². The van der Waals surface area contributed by atoms with Gasteiger partial charge in [0.2, 0.25) is 0 Å². The molecule has 0 saturated carbocycles. The average molecular weight is 270 g/mol. The maximum atomic E-state index is 11.3. The lowest BCUT2D eigenvalue weighted by Crippen LogP contribution is -2.53. The van der Waals surface area contributed by atoms with Crippen molar-refractivity contribution in [1.29, 1.82) is 0 Å². The fourth-order valence-corrected chi connectivity index (χ4v) is 3.16. The Kier molecular flexibility index (Phi) is 3.99. The van der Waals surface area contributed by atoms with Gasteiger partial charge in [-0.3, -0.25) is 9.69 Å². The maximum absolute atomic E-state index is 11.3. The molecule has 18 heavy (non-hydrogen) atoms. The number of aliphatic carboxylic acids is 1. The van der Waals surface area contributed by atoms with E-state index in [0.717, 1.165) is 15.6 Å². The van der Waals surface area contributed by atoms with E-state index in [2.05, 4.69) is 4.98 Å². The van der Waals surface area contributed by atoms with Gasteiger partial charge in [0.1, 0.15) is 6.04 Å². The highest BCUT2D eigenvalue weighted by atomic mass is 32.1. The van der Waals surface area contributed by atoms with Crippen LogP contribution in [-0.2, 0) is 16.1 Å². The SMILES string of the molecule is Cc1nc(CN2CCO[C@H](C)[C@H]2C(=O)O)c(C)s1. The molecule has 6 heteroatoms. The molecule has 2 rings (SSSR count). The van der Waals surface area contributed by atoms with E-state index in [9.17, 15) is 9.90 Å². The van der Waals surface area contributed by atoms with Gasteiger partial charge >= 0.3 is 5.97 Å². The summed E-state index contributed by atoms with van der Waals surface area (Å²) < 4.78 is 5.41. The topological polar surface area (TPSA) is 62.7 Å². The summed E-state index contributed by atoms with van der Waals surface area (Å²) in [5, 5.41) is 10.3. The molecule has 1 aliphatic rings. The van der Waals surface area contributed by atoms with Gasteiger partial charge in [0.05, 0.1) is 23.4 Å². The number of carboxylic acids is 1. The van der Waals surface area contributed by atoms with Crippen LogP contribution < -0.4 is 0 Å². The third kappa shape index (κ3) is 2.71. The number of thiazole rings is 1. The number of carboxylic acid groups (broad SMARTS) is 1. The minimum atomic E-state index is -0.827. The van der Waals surface area contributed by atoms with Gasteiger partial charge < -0.3 is 9.84 Å². The van der Waals surface area contributed by atoms with Gasteiger partial charge in [-0.1, -0.05) is 0 Å². The van der Waals surface area contributed by atoms with Crippen molar-refractivity contribution in [2.75, 3.05) is 13.2 Å². The Hall–Kier alpha value is -0.980. The summed E-state index contributed by atoms with van der Waals surface area (Å²) in [7, 11) is 0. The third-order valence-corrected chi connectivity index (χ3v) is 4.13. The molecule has 2 heterocycles. The second-order valence-electron chi connectivity index (χ2n) is 4.57. The van der Waals surface area contributed by atoms with E-state index in [1.807, 2.05) is 25.7 Å². The Morgan fingerprint density at radius 2 is 2.33 bits per heavy atom. The highest BCUT2D eigenvalue weighted by molar-refractivity contribution is 7.11. The number of aromatic nitrogens is 1. The van der Waals surface area contributed by atoms with Gasteiger partial charge in [-0.2, -0.15) is 0 Å². The van der Waals surface area contributed by atoms with Gasteiger partial charge in [-0.15, -0.1) is 11.3 Å². The van der Waals surface area contributed by atoms with Crippen molar-refractivity contribution >= 4 is 17.3 Å². The highest BCUT2D eigenvalue weighted by Gasteiger charge is 2.35. The second-order valence-corrected chi connectivity index (χ2v) is 5.97. The van der Waals surface area contributed by atoms with Crippen LogP contribution in [0.15, 0.2) is 0 Å². The van der Waals surface area contributed by atoms with Gasteiger partial charge in [0.15, 0.2) is 0 Å². The zero-order chi connectivity index (χ0) is 13.3. The summed E-state index contributed by atoms with van der Waals surface area (Å²) in [6.45, 7) is 7.60. The average Bonchev–Trinajstić information content (AvgIpc) is 2.57. The summed E-state index contributed by atoms with van der Waals surface area (Å²) in [5.74, 6) is -0.827. The first-order chi connectivity index (χ1) is 8.49. The first-order valence-electron chi connectivity index (χ1n) is 6.00. The molecule has 1 aromatic rings. The summed E-state index contributed by atoms with van der Waals surface area (Å²) >= 11 is 1.65. The Labute approximate surface area is 110 Å². The minimum Gasteiger partial charge on any atom is -0.480 e. The van der Waals surface area contributed by atoms with Gasteiger partial charge in [0.25, 0.3) is 0 Å². The normalized spacial score (nSPS) is 25.3. The van der Waals surface area contributed by atoms with Crippen LogP contribution in [0, 0.1) is 13.8 Å². The molecule has 0 aromatic carbocycles. The lowest BCUT2D eigenvalue weighted by Gasteiger charge is -2.36. The number of aryl methyl sites for hydroxylation is 2. The molecule has 1 N–H and O–H groups in total. The molecular weight excluding hydrogens is 252 g/mol. The molecule has 0 spiro atoms. The summed E-state index contributed by atoms with van der Waals surface area (Å²) in [6, 6.07) is -0.583. The minimum absolute atomic E-state index is 0.281. The fourth-order valence-electron chi connectivity index (χ4n) is 2.33. The summed E-state index contributed by atoms with van der Waals surface area (Å²) in [4.78, 5) is 18.9. The van der Waals surface area contributed by atoms with E-state index >= 15 is 0 Å². The Bertz CT molecular complexity index is 447. The van der Waals surface area contributed by atoms with Crippen molar-refractivity contribution in [3.8, 4) is 0 Å². The molecule has 1 aromatic heterocycles. The van der Waals surface area contributed by atoms with E-state index < -0.39 is 12.0 Å². The third-order valence-electron chi connectivity index (χ3n) is 3.20. The number of morpholine rings is 1. The van der Waals surface area contributed by atoms with E-state index in [0.29, 0.717) is 19.7 Å². The number of rotatable bonds is 3. The van der Waals surface area contributed by atoms with Crippen LogP contribution in [0.1, 0.15) is 22.5 Å². The maximum Gasteiger partial charge on any atom is 0.323 e. The molecule has 0 unspecified atom stereocenters. The largest absolute Gasteiger partial charge is 0.480 e. The molecule has 1 saturated heterocycles. The van der Waals surface area contributed by atoms with Crippen molar-refractivity contribution in [3.63, 3.8) is 0 Å².